The van der Waals surface area contributed by atoms with Crippen LogP contribution in [0.4, 0.5) is 5.69 Å². The quantitative estimate of drug-likeness (QED) is 0.815. The van der Waals surface area contributed by atoms with Crippen molar-refractivity contribution in [1.82, 2.24) is 9.55 Å². The molecule has 4 heteroatoms. The van der Waals surface area contributed by atoms with E-state index in [1.165, 1.54) is 0 Å². The highest BCUT2D eigenvalue weighted by Gasteiger charge is 2.07. The van der Waals surface area contributed by atoms with Gasteiger partial charge in [-0.05, 0) is 54.4 Å². The number of nitrogens with two attached hydrogens (primary N) is 1. The maximum atomic E-state index is 5.90. The molecule has 1 aromatic heterocycles. The number of rotatable bonds is 1. The first-order valence-corrected chi connectivity index (χ1v) is 5.87. The average molecular weight is 280 g/mol. The molecule has 0 radical (unpaired) electrons. The number of aryl methyl sites for hydroxylation is 3. The van der Waals surface area contributed by atoms with E-state index in [2.05, 4.69) is 31.5 Å². The van der Waals surface area contributed by atoms with E-state index in [1.807, 2.05) is 33.0 Å². The molecule has 2 rings (SSSR count). The molecule has 0 amide bonds. The Morgan fingerprint density at radius 1 is 1.25 bits per heavy atom. The molecule has 0 atom stereocenters. The van der Waals surface area contributed by atoms with Crippen molar-refractivity contribution in [2.45, 2.75) is 20.8 Å². The Labute approximate surface area is 103 Å². The highest BCUT2D eigenvalue weighted by molar-refractivity contribution is 9.10. The lowest BCUT2D eigenvalue weighted by atomic mass is 10.2. The molecule has 0 saturated carbocycles. The Morgan fingerprint density at radius 3 is 2.44 bits per heavy atom. The maximum Gasteiger partial charge on any atom is 0.110 e. The lowest BCUT2D eigenvalue weighted by molar-refractivity contribution is 0.971. The molecule has 2 N–H and O–H groups in total. The van der Waals surface area contributed by atoms with Crippen LogP contribution >= 0.6 is 15.9 Å². The van der Waals surface area contributed by atoms with Crippen LogP contribution in [-0.4, -0.2) is 9.55 Å². The molecular formula is C12H14BrN3. The minimum Gasteiger partial charge on any atom is -0.398 e. The molecule has 1 aromatic carbocycles. The first kappa shape index (κ1) is 11.2. The summed E-state index contributed by atoms with van der Waals surface area (Å²) in [5.74, 6) is 0.980. The Bertz CT molecular complexity index is 520. The second-order valence-electron chi connectivity index (χ2n) is 3.96. The molecule has 3 nitrogen and oxygen atoms in total. The predicted molar refractivity (Wildman–Crippen MR) is 69.9 cm³/mol. The van der Waals surface area contributed by atoms with Crippen molar-refractivity contribution in [3.05, 3.63) is 39.9 Å². The summed E-state index contributed by atoms with van der Waals surface area (Å²) in [5.41, 5.74) is 9.85. The molecule has 16 heavy (non-hydrogen) atoms. The minimum atomic E-state index is 0.790. The number of hydrogen-bond donors (Lipinski definition) is 1. The van der Waals surface area contributed by atoms with Gasteiger partial charge < -0.3 is 10.3 Å². The van der Waals surface area contributed by atoms with E-state index >= 15 is 0 Å². The van der Waals surface area contributed by atoms with Crippen molar-refractivity contribution in [2.75, 3.05) is 5.73 Å². The fourth-order valence-electron chi connectivity index (χ4n) is 1.76. The van der Waals surface area contributed by atoms with Crippen LogP contribution < -0.4 is 5.73 Å². The summed E-state index contributed by atoms with van der Waals surface area (Å²) in [4.78, 5) is 4.39. The van der Waals surface area contributed by atoms with Crippen LogP contribution in [-0.2, 0) is 0 Å². The number of anilines is 1. The highest BCUT2D eigenvalue weighted by Crippen LogP contribution is 2.27. The summed E-state index contributed by atoms with van der Waals surface area (Å²) in [6.45, 7) is 5.98. The monoisotopic (exact) mass is 279 g/mol. The Morgan fingerprint density at radius 2 is 1.94 bits per heavy atom. The molecule has 0 saturated heterocycles. The van der Waals surface area contributed by atoms with Crippen LogP contribution in [0.5, 0.6) is 0 Å². The van der Waals surface area contributed by atoms with Crippen molar-refractivity contribution in [2.24, 2.45) is 0 Å². The van der Waals surface area contributed by atoms with Gasteiger partial charge >= 0.3 is 0 Å². The number of halogens is 1. The molecule has 0 aliphatic rings. The van der Waals surface area contributed by atoms with Crippen molar-refractivity contribution < 1.29 is 0 Å². The van der Waals surface area contributed by atoms with Crippen LogP contribution in [0, 0.1) is 20.8 Å². The minimum absolute atomic E-state index is 0.790. The summed E-state index contributed by atoms with van der Waals surface area (Å²) in [7, 11) is 0. The molecule has 0 unspecified atom stereocenters. The molecule has 0 fully saturated rings. The Kier molecular flexibility index (Phi) is 2.76. The molecule has 0 aliphatic carbocycles. The number of imidazole rings is 1. The maximum absolute atomic E-state index is 5.90. The van der Waals surface area contributed by atoms with Crippen LogP contribution in [0.2, 0.25) is 0 Å². The second-order valence-corrected chi connectivity index (χ2v) is 4.81. The Balaban J connectivity index is 2.61. The van der Waals surface area contributed by atoms with Gasteiger partial charge in [0.25, 0.3) is 0 Å². The van der Waals surface area contributed by atoms with Gasteiger partial charge in [-0.1, -0.05) is 0 Å². The van der Waals surface area contributed by atoms with Gasteiger partial charge in [-0.25, -0.2) is 4.98 Å². The van der Waals surface area contributed by atoms with Gasteiger partial charge in [-0.2, -0.15) is 0 Å². The van der Waals surface area contributed by atoms with Crippen LogP contribution in [0.1, 0.15) is 17.1 Å². The zero-order chi connectivity index (χ0) is 11.9. The van der Waals surface area contributed by atoms with Crippen LogP contribution in [0.25, 0.3) is 5.69 Å². The van der Waals surface area contributed by atoms with Gasteiger partial charge in [0.2, 0.25) is 0 Å². The van der Waals surface area contributed by atoms with Gasteiger partial charge in [0.15, 0.2) is 0 Å². The molecule has 0 bridgehead atoms. The summed E-state index contributed by atoms with van der Waals surface area (Å²) in [5, 5.41) is 0. The standard InChI is InChI=1S/C12H14BrN3/c1-7-4-10(5-11(13)12(7)14)16-6-8(2)15-9(16)3/h4-6H,14H2,1-3H3. The smallest absolute Gasteiger partial charge is 0.110 e. The van der Waals surface area contributed by atoms with E-state index in [1.54, 1.807) is 0 Å². The van der Waals surface area contributed by atoms with Gasteiger partial charge in [-0.15, -0.1) is 0 Å². The van der Waals surface area contributed by atoms with E-state index < -0.39 is 0 Å². The predicted octanol–water partition coefficient (Wildman–Crippen LogP) is 3.14. The number of benzene rings is 1. The first-order valence-electron chi connectivity index (χ1n) is 5.07. The van der Waals surface area contributed by atoms with Gasteiger partial charge in [0.05, 0.1) is 5.69 Å². The number of nitrogens with zero attached hydrogens (tertiary/aromatic N) is 2. The zero-order valence-corrected chi connectivity index (χ0v) is 11.2. The van der Waals surface area contributed by atoms with Crippen molar-refractivity contribution in [3.63, 3.8) is 0 Å². The number of aromatic nitrogens is 2. The first-order chi connectivity index (χ1) is 7.49. The molecule has 0 spiro atoms. The van der Waals surface area contributed by atoms with Crippen LogP contribution in [0.3, 0.4) is 0 Å². The molecule has 84 valence electrons. The normalized spacial score (nSPS) is 10.8. The second kappa shape index (κ2) is 3.94. The third kappa shape index (κ3) is 1.85. The summed E-state index contributed by atoms with van der Waals surface area (Å²) >= 11 is 3.47. The molecule has 1 heterocycles. The fourth-order valence-corrected chi connectivity index (χ4v) is 2.30. The van der Waals surface area contributed by atoms with Crippen molar-refractivity contribution in [3.8, 4) is 5.69 Å². The van der Waals surface area contributed by atoms with E-state index in [0.717, 1.165) is 32.9 Å². The number of nitrogen functional groups attached to an aromatic ring is 1. The topological polar surface area (TPSA) is 43.8 Å². The van der Waals surface area contributed by atoms with E-state index in [9.17, 15) is 0 Å². The lowest BCUT2D eigenvalue weighted by Crippen LogP contribution is -1.99. The summed E-state index contributed by atoms with van der Waals surface area (Å²) < 4.78 is 2.99. The third-order valence-electron chi connectivity index (χ3n) is 2.60. The van der Waals surface area contributed by atoms with Crippen molar-refractivity contribution >= 4 is 21.6 Å². The molecule has 0 aliphatic heterocycles. The zero-order valence-electron chi connectivity index (χ0n) is 9.58. The average Bonchev–Trinajstić information content (AvgIpc) is 2.53. The molecule has 2 aromatic rings. The lowest BCUT2D eigenvalue weighted by Gasteiger charge is -2.09. The SMILES string of the molecule is Cc1cn(-c2cc(C)c(N)c(Br)c2)c(C)n1. The van der Waals surface area contributed by atoms with E-state index in [4.69, 9.17) is 5.73 Å². The van der Waals surface area contributed by atoms with E-state index in [-0.39, 0.29) is 0 Å². The van der Waals surface area contributed by atoms with E-state index in [0.29, 0.717) is 0 Å². The number of hydrogen-bond acceptors (Lipinski definition) is 2. The molecular weight excluding hydrogens is 266 g/mol. The Hall–Kier alpha value is -1.29. The third-order valence-corrected chi connectivity index (χ3v) is 3.26. The fraction of sp³-hybridized carbons (Fsp3) is 0.250. The van der Waals surface area contributed by atoms with Gasteiger partial charge in [0.1, 0.15) is 5.82 Å². The largest absolute Gasteiger partial charge is 0.398 e. The summed E-state index contributed by atoms with van der Waals surface area (Å²) in [6.07, 6.45) is 2.02. The van der Waals surface area contributed by atoms with Gasteiger partial charge in [0, 0.05) is 22.0 Å². The summed E-state index contributed by atoms with van der Waals surface area (Å²) in [6, 6.07) is 4.07. The van der Waals surface area contributed by atoms with Gasteiger partial charge in [-0.3, -0.25) is 0 Å². The van der Waals surface area contributed by atoms with Crippen molar-refractivity contribution in [1.29, 1.82) is 0 Å². The van der Waals surface area contributed by atoms with Crippen LogP contribution in [0.15, 0.2) is 22.8 Å². The highest BCUT2D eigenvalue weighted by atomic mass is 79.9.